The van der Waals surface area contributed by atoms with Gasteiger partial charge in [0, 0.05) is 38.6 Å². The molecule has 1 amide bonds. The summed E-state index contributed by atoms with van der Waals surface area (Å²) < 4.78 is 42.7. The number of esters is 1. The van der Waals surface area contributed by atoms with E-state index >= 15 is 0 Å². The molecule has 1 fully saturated rings. The highest BCUT2D eigenvalue weighted by Crippen LogP contribution is 2.28. The van der Waals surface area contributed by atoms with Gasteiger partial charge >= 0.3 is 12.1 Å². The highest BCUT2D eigenvalue weighted by atomic mass is 19.4. The molecule has 0 aliphatic carbocycles. The molecule has 0 radical (unpaired) electrons. The molecule has 1 aromatic rings. The minimum Gasteiger partial charge on any atom is -0.460 e. The summed E-state index contributed by atoms with van der Waals surface area (Å²) in [5, 5.41) is 0. The van der Waals surface area contributed by atoms with Crippen LogP contribution >= 0.6 is 0 Å². The number of nitrogens with zero attached hydrogens (tertiary/aromatic N) is 4. The molecule has 0 saturated carbocycles. The van der Waals surface area contributed by atoms with Crippen LogP contribution in [0, 0.1) is 0 Å². The molecule has 10 heteroatoms. The summed E-state index contributed by atoms with van der Waals surface area (Å²) in [6, 6.07) is 0. The topological polar surface area (TPSA) is 75.6 Å². The second-order valence-corrected chi connectivity index (χ2v) is 6.90. The Hall–Kier alpha value is -2.39. The van der Waals surface area contributed by atoms with E-state index < -0.39 is 23.3 Å². The van der Waals surface area contributed by atoms with E-state index in [1.54, 1.807) is 25.7 Å². The number of amides is 1. The van der Waals surface area contributed by atoms with E-state index in [0.29, 0.717) is 26.2 Å². The highest BCUT2D eigenvalue weighted by Gasteiger charge is 2.32. The van der Waals surface area contributed by atoms with Gasteiger partial charge < -0.3 is 14.5 Å². The summed E-state index contributed by atoms with van der Waals surface area (Å²) in [7, 11) is 0. The number of carbonyl (C=O) groups is 2. The smallest absolute Gasteiger partial charge is 0.419 e. The molecule has 144 valence electrons. The lowest BCUT2D eigenvalue weighted by molar-refractivity contribution is -0.158. The molecule has 0 aromatic carbocycles. The average molecular weight is 374 g/mol. The monoisotopic (exact) mass is 374 g/mol. The minimum absolute atomic E-state index is 0.178. The van der Waals surface area contributed by atoms with Crippen LogP contribution in [0.4, 0.5) is 19.1 Å². The van der Waals surface area contributed by atoms with Gasteiger partial charge in [-0.2, -0.15) is 13.2 Å². The normalized spacial score (nSPS) is 15.8. The van der Waals surface area contributed by atoms with Crippen molar-refractivity contribution in [1.29, 1.82) is 0 Å². The molecular weight excluding hydrogens is 353 g/mol. The number of rotatable bonds is 3. The molecule has 1 saturated heterocycles. The van der Waals surface area contributed by atoms with Crippen molar-refractivity contribution in [2.45, 2.75) is 39.0 Å². The Bertz CT molecular complexity index is 648. The van der Waals surface area contributed by atoms with E-state index in [-0.39, 0.29) is 18.3 Å². The number of ether oxygens (including phenoxy) is 1. The zero-order valence-electron chi connectivity index (χ0n) is 14.8. The van der Waals surface area contributed by atoms with Gasteiger partial charge in [-0.15, -0.1) is 0 Å². The largest absolute Gasteiger partial charge is 0.460 e. The number of piperazine rings is 1. The van der Waals surface area contributed by atoms with Crippen molar-refractivity contribution in [3.8, 4) is 0 Å². The van der Waals surface area contributed by atoms with Gasteiger partial charge in [-0.3, -0.25) is 9.59 Å². The fourth-order valence-electron chi connectivity index (χ4n) is 2.40. The van der Waals surface area contributed by atoms with Crippen LogP contribution in [0.3, 0.4) is 0 Å². The number of alkyl halides is 3. The summed E-state index contributed by atoms with van der Waals surface area (Å²) in [5.74, 6) is -0.750. The fraction of sp³-hybridized carbons (Fsp3) is 0.625. The van der Waals surface area contributed by atoms with Gasteiger partial charge in [0.25, 0.3) is 0 Å². The van der Waals surface area contributed by atoms with Crippen molar-refractivity contribution in [3.05, 3.63) is 18.0 Å². The predicted octanol–water partition coefficient (Wildman–Crippen LogP) is 1.88. The maximum atomic E-state index is 12.5. The van der Waals surface area contributed by atoms with Gasteiger partial charge in [-0.25, -0.2) is 9.97 Å². The van der Waals surface area contributed by atoms with Crippen LogP contribution in [0.5, 0.6) is 0 Å². The van der Waals surface area contributed by atoms with E-state index in [2.05, 4.69) is 9.97 Å². The molecule has 26 heavy (non-hydrogen) atoms. The number of aromatic nitrogens is 2. The Morgan fingerprint density at radius 3 is 2.08 bits per heavy atom. The SMILES string of the molecule is CC(C)(C)OC(=O)CC(=O)N1CCN(c2ncc(C(F)(F)F)cn2)CC1. The van der Waals surface area contributed by atoms with Crippen molar-refractivity contribution in [3.63, 3.8) is 0 Å². The lowest BCUT2D eigenvalue weighted by atomic mass is 10.2. The van der Waals surface area contributed by atoms with E-state index in [0.717, 1.165) is 12.4 Å². The zero-order chi connectivity index (χ0) is 19.5. The Labute approximate surface area is 149 Å². The van der Waals surface area contributed by atoms with Gasteiger partial charge in [0.05, 0.1) is 5.56 Å². The Morgan fingerprint density at radius 1 is 1.08 bits per heavy atom. The summed E-state index contributed by atoms with van der Waals surface area (Å²) in [6.45, 7) is 6.55. The maximum absolute atomic E-state index is 12.5. The summed E-state index contributed by atoms with van der Waals surface area (Å²) >= 11 is 0. The number of hydrogen-bond acceptors (Lipinski definition) is 6. The lowest BCUT2D eigenvalue weighted by Crippen LogP contribution is -2.49. The van der Waals surface area contributed by atoms with E-state index in [9.17, 15) is 22.8 Å². The van der Waals surface area contributed by atoms with Crippen LogP contribution in [0.1, 0.15) is 32.8 Å². The first-order chi connectivity index (χ1) is 12.0. The highest BCUT2D eigenvalue weighted by molar-refractivity contribution is 5.94. The third kappa shape index (κ3) is 5.57. The molecule has 1 aliphatic rings. The molecule has 2 rings (SSSR count). The maximum Gasteiger partial charge on any atom is 0.419 e. The van der Waals surface area contributed by atoms with Gasteiger partial charge in [0.1, 0.15) is 12.0 Å². The van der Waals surface area contributed by atoms with Crippen molar-refractivity contribution < 1.29 is 27.5 Å². The van der Waals surface area contributed by atoms with Crippen molar-refractivity contribution >= 4 is 17.8 Å². The quantitative estimate of drug-likeness (QED) is 0.594. The van der Waals surface area contributed by atoms with Gasteiger partial charge in [0.15, 0.2) is 0 Å². The summed E-state index contributed by atoms with van der Waals surface area (Å²) in [4.78, 5) is 34.6. The third-order valence-electron chi connectivity index (χ3n) is 3.60. The number of carbonyl (C=O) groups excluding carboxylic acids is 2. The molecule has 0 atom stereocenters. The Morgan fingerprint density at radius 2 is 1.62 bits per heavy atom. The zero-order valence-corrected chi connectivity index (χ0v) is 14.8. The van der Waals surface area contributed by atoms with E-state index in [1.807, 2.05) is 0 Å². The lowest BCUT2D eigenvalue weighted by Gasteiger charge is -2.34. The van der Waals surface area contributed by atoms with Crippen molar-refractivity contribution in [1.82, 2.24) is 14.9 Å². The van der Waals surface area contributed by atoms with Gasteiger partial charge in [0.2, 0.25) is 11.9 Å². The molecule has 1 aromatic heterocycles. The van der Waals surface area contributed by atoms with Crippen LogP contribution in [0.15, 0.2) is 12.4 Å². The average Bonchev–Trinajstić information content (AvgIpc) is 2.52. The first-order valence-electron chi connectivity index (χ1n) is 8.09. The first-order valence-corrected chi connectivity index (χ1v) is 8.09. The van der Waals surface area contributed by atoms with Crippen molar-refractivity contribution in [2.24, 2.45) is 0 Å². The standard InChI is InChI=1S/C16H21F3N4O3/c1-15(2,3)26-13(25)8-12(24)22-4-6-23(7-5-22)14-20-9-11(10-21-14)16(17,18)19/h9-10H,4-8H2,1-3H3. The second kappa shape index (κ2) is 7.46. The fourth-order valence-corrected chi connectivity index (χ4v) is 2.40. The minimum atomic E-state index is -4.48. The molecule has 2 heterocycles. The summed E-state index contributed by atoms with van der Waals surface area (Å²) in [6.07, 6.45) is -3.34. The number of anilines is 1. The third-order valence-corrected chi connectivity index (χ3v) is 3.60. The van der Waals surface area contributed by atoms with Crippen LogP contribution in [-0.4, -0.2) is 58.5 Å². The van der Waals surface area contributed by atoms with Gasteiger partial charge in [-0.05, 0) is 20.8 Å². The molecule has 0 N–H and O–H groups in total. The van der Waals surface area contributed by atoms with E-state index in [4.69, 9.17) is 4.74 Å². The second-order valence-electron chi connectivity index (χ2n) is 6.90. The molecule has 0 bridgehead atoms. The molecule has 7 nitrogen and oxygen atoms in total. The van der Waals surface area contributed by atoms with Crippen LogP contribution < -0.4 is 4.90 Å². The summed E-state index contributed by atoms with van der Waals surface area (Å²) in [5.41, 5.74) is -1.57. The molecule has 1 aliphatic heterocycles. The molecule has 0 spiro atoms. The molecule has 0 unspecified atom stereocenters. The van der Waals surface area contributed by atoms with Crippen LogP contribution in [0.25, 0.3) is 0 Å². The van der Waals surface area contributed by atoms with Crippen molar-refractivity contribution in [2.75, 3.05) is 31.1 Å². The number of hydrogen-bond donors (Lipinski definition) is 0. The molecular formula is C16H21F3N4O3. The van der Waals surface area contributed by atoms with Gasteiger partial charge in [-0.1, -0.05) is 0 Å². The van der Waals surface area contributed by atoms with E-state index in [1.165, 1.54) is 4.90 Å². The Kier molecular flexibility index (Phi) is 5.72. The van der Waals surface area contributed by atoms with Crippen LogP contribution in [0.2, 0.25) is 0 Å². The first kappa shape index (κ1) is 19.9. The predicted molar refractivity (Wildman–Crippen MR) is 86.3 cm³/mol. The van der Waals surface area contributed by atoms with Crippen LogP contribution in [-0.2, 0) is 20.5 Å². The Balaban J connectivity index is 1.87. The number of halogens is 3.